The molecule has 0 radical (unpaired) electrons. The van der Waals surface area contributed by atoms with Crippen LogP contribution in [0, 0.1) is 6.92 Å². The Hall–Kier alpha value is -2.69. The lowest BCUT2D eigenvalue weighted by Gasteiger charge is -2.19. The van der Waals surface area contributed by atoms with E-state index in [-0.39, 0.29) is 11.9 Å². The molecule has 134 valence electrons. The van der Waals surface area contributed by atoms with E-state index in [1.54, 1.807) is 14.0 Å². The van der Waals surface area contributed by atoms with Crippen molar-refractivity contribution in [2.24, 2.45) is 0 Å². The van der Waals surface area contributed by atoms with Gasteiger partial charge in [-0.15, -0.1) is 0 Å². The van der Waals surface area contributed by atoms with Gasteiger partial charge in [-0.3, -0.25) is 4.79 Å². The molecule has 1 N–H and O–H groups in total. The third-order valence-corrected chi connectivity index (χ3v) is 3.62. The Morgan fingerprint density at radius 2 is 1.72 bits per heavy atom. The summed E-state index contributed by atoms with van der Waals surface area (Å²) in [5.41, 5.74) is 1.09. The molecule has 0 unspecified atom stereocenters. The second-order valence-corrected chi connectivity index (χ2v) is 5.97. The average molecular weight is 343 g/mol. The molecular weight excluding hydrogens is 318 g/mol. The van der Waals surface area contributed by atoms with E-state index in [9.17, 15) is 4.79 Å². The molecule has 0 aliphatic heterocycles. The molecule has 2 atom stereocenters. The average Bonchev–Trinajstić information content (AvgIpc) is 2.60. The molecule has 0 aliphatic rings. The quantitative estimate of drug-likeness (QED) is 0.798. The number of carbonyl (C=O) groups excluding carboxylic acids is 1. The summed E-state index contributed by atoms with van der Waals surface area (Å²) in [6.45, 7) is 5.97. The van der Waals surface area contributed by atoms with Gasteiger partial charge >= 0.3 is 0 Å². The van der Waals surface area contributed by atoms with Gasteiger partial charge in [0.1, 0.15) is 23.9 Å². The molecule has 2 aromatic carbocycles. The van der Waals surface area contributed by atoms with E-state index in [2.05, 4.69) is 5.32 Å². The number of hydrogen-bond donors (Lipinski definition) is 1. The van der Waals surface area contributed by atoms with Gasteiger partial charge in [-0.05, 0) is 62.7 Å². The van der Waals surface area contributed by atoms with Crippen LogP contribution in [-0.2, 0) is 4.79 Å². The molecule has 0 aliphatic carbocycles. The van der Waals surface area contributed by atoms with Crippen LogP contribution in [0.2, 0.25) is 0 Å². The maximum absolute atomic E-state index is 12.2. The fraction of sp³-hybridized carbons (Fsp3) is 0.350. The van der Waals surface area contributed by atoms with Crippen molar-refractivity contribution in [3.63, 3.8) is 0 Å². The standard InChI is InChI=1S/C20H25NO4/c1-14-6-5-7-19(12-14)25-16(3)20(22)21-15(2)13-24-18-10-8-17(23-4)9-11-18/h5-12,15-16H,13H2,1-4H3,(H,21,22)/t15-,16+/m0/s1. The summed E-state index contributed by atoms with van der Waals surface area (Å²) in [6.07, 6.45) is -0.578. The lowest BCUT2D eigenvalue weighted by atomic mass is 10.2. The van der Waals surface area contributed by atoms with E-state index >= 15 is 0 Å². The zero-order chi connectivity index (χ0) is 18.2. The largest absolute Gasteiger partial charge is 0.497 e. The molecule has 2 rings (SSSR count). The summed E-state index contributed by atoms with van der Waals surface area (Å²) in [5.74, 6) is 2.01. The highest BCUT2D eigenvalue weighted by molar-refractivity contribution is 5.81. The van der Waals surface area contributed by atoms with E-state index < -0.39 is 6.10 Å². The Morgan fingerprint density at radius 1 is 1.04 bits per heavy atom. The number of amides is 1. The first-order valence-electron chi connectivity index (χ1n) is 8.28. The van der Waals surface area contributed by atoms with Gasteiger partial charge in [0.15, 0.2) is 6.10 Å². The van der Waals surface area contributed by atoms with Crippen LogP contribution in [0.1, 0.15) is 19.4 Å². The second kappa shape index (κ2) is 8.97. The normalized spacial score (nSPS) is 12.8. The first-order chi connectivity index (χ1) is 12.0. The molecule has 2 aromatic rings. The number of aryl methyl sites for hydroxylation is 1. The summed E-state index contributed by atoms with van der Waals surface area (Å²) in [7, 11) is 1.62. The molecule has 0 fully saturated rings. The van der Waals surface area contributed by atoms with Crippen LogP contribution in [-0.4, -0.2) is 31.8 Å². The molecule has 5 heteroatoms. The Bertz CT molecular complexity index is 684. The van der Waals surface area contributed by atoms with E-state index in [0.29, 0.717) is 12.4 Å². The number of ether oxygens (including phenoxy) is 3. The van der Waals surface area contributed by atoms with Gasteiger partial charge in [0, 0.05) is 0 Å². The zero-order valence-corrected chi connectivity index (χ0v) is 15.1. The van der Waals surface area contributed by atoms with Crippen LogP contribution in [0.5, 0.6) is 17.2 Å². The summed E-state index contributed by atoms with van der Waals surface area (Å²) in [4.78, 5) is 12.2. The number of rotatable bonds is 8. The third-order valence-electron chi connectivity index (χ3n) is 3.62. The number of methoxy groups -OCH3 is 1. The molecule has 1 amide bonds. The first-order valence-corrected chi connectivity index (χ1v) is 8.28. The molecule has 0 bridgehead atoms. The number of nitrogens with one attached hydrogen (secondary N) is 1. The van der Waals surface area contributed by atoms with Crippen molar-refractivity contribution < 1.29 is 19.0 Å². The molecular formula is C20H25NO4. The summed E-state index contributed by atoms with van der Waals surface area (Å²) < 4.78 is 16.5. The van der Waals surface area contributed by atoms with E-state index in [1.807, 2.05) is 62.4 Å². The van der Waals surface area contributed by atoms with E-state index in [0.717, 1.165) is 17.1 Å². The van der Waals surface area contributed by atoms with Crippen molar-refractivity contribution in [3.8, 4) is 17.2 Å². The predicted molar refractivity (Wildman–Crippen MR) is 97.4 cm³/mol. The van der Waals surface area contributed by atoms with Crippen molar-refractivity contribution in [2.75, 3.05) is 13.7 Å². The summed E-state index contributed by atoms with van der Waals surface area (Å²) >= 11 is 0. The molecule has 0 saturated carbocycles. The van der Waals surface area contributed by atoms with Crippen molar-refractivity contribution in [3.05, 3.63) is 54.1 Å². The molecule has 25 heavy (non-hydrogen) atoms. The number of benzene rings is 2. The van der Waals surface area contributed by atoms with Gasteiger partial charge in [-0.1, -0.05) is 12.1 Å². The third kappa shape index (κ3) is 6.03. The van der Waals surface area contributed by atoms with Gasteiger partial charge in [0.2, 0.25) is 0 Å². The van der Waals surface area contributed by atoms with Crippen LogP contribution in [0.4, 0.5) is 0 Å². The topological polar surface area (TPSA) is 56.8 Å². The Balaban J connectivity index is 1.78. The number of carbonyl (C=O) groups is 1. The van der Waals surface area contributed by atoms with Crippen LogP contribution < -0.4 is 19.5 Å². The van der Waals surface area contributed by atoms with Crippen LogP contribution in [0.25, 0.3) is 0 Å². The lowest BCUT2D eigenvalue weighted by Crippen LogP contribution is -2.43. The van der Waals surface area contributed by atoms with Gasteiger partial charge in [-0.25, -0.2) is 0 Å². The van der Waals surface area contributed by atoms with Gasteiger partial charge < -0.3 is 19.5 Å². The van der Waals surface area contributed by atoms with Crippen LogP contribution >= 0.6 is 0 Å². The minimum absolute atomic E-state index is 0.141. The molecule has 0 aromatic heterocycles. The van der Waals surface area contributed by atoms with E-state index in [1.165, 1.54) is 0 Å². The summed E-state index contributed by atoms with van der Waals surface area (Å²) in [5, 5.41) is 2.89. The molecule has 0 spiro atoms. The monoisotopic (exact) mass is 343 g/mol. The molecule has 5 nitrogen and oxygen atoms in total. The van der Waals surface area contributed by atoms with Crippen molar-refractivity contribution in [1.29, 1.82) is 0 Å². The Morgan fingerprint density at radius 3 is 2.36 bits per heavy atom. The highest BCUT2D eigenvalue weighted by Crippen LogP contribution is 2.17. The minimum Gasteiger partial charge on any atom is -0.497 e. The minimum atomic E-state index is -0.578. The fourth-order valence-corrected chi connectivity index (χ4v) is 2.24. The Labute approximate surface area is 148 Å². The van der Waals surface area contributed by atoms with E-state index in [4.69, 9.17) is 14.2 Å². The van der Waals surface area contributed by atoms with Gasteiger partial charge in [0.25, 0.3) is 5.91 Å². The van der Waals surface area contributed by atoms with Gasteiger partial charge in [-0.2, -0.15) is 0 Å². The van der Waals surface area contributed by atoms with Crippen LogP contribution in [0.3, 0.4) is 0 Å². The van der Waals surface area contributed by atoms with Crippen molar-refractivity contribution in [1.82, 2.24) is 5.32 Å². The van der Waals surface area contributed by atoms with Crippen molar-refractivity contribution >= 4 is 5.91 Å². The second-order valence-electron chi connectivity index (χ2n) is 5.97. The molecule has 0 heterocycles. The lowest BCUT2D eigenvalue weighted by molar-refractivity contribution is -0.128. The SMILES string of the molecule is COc1ccc(OC[C@H](C)NC(=O)[C@@H](C)Oc2cccc(C)c2)cc1. The summed E-state index contributed by atoms with van der Waals surface area (Å²) in [6, 6.07) is 14.8. The maximum atomic E-state index is 12.2. The zero-order valence-electron chi connectivity index (χ0n) is 15.1. The van der Waals surface area contributed by atoms with Crippen LogP contribution in [0.15, 0.2) is 48.5 Å². The number of hydrogen-bond acceptors (Lipinski definition) is 4. The smallest absolute Gasteiger partial charge is 0.261 e. The fourth-order valence-electron chi connectivity index (χ4n) is 2.24. The highest BCUT2D eigenvalue weighted by Gasteiger charge is 2.17. The van der Waals surface area contributed by atoms with Gasteiger partial charge in [0.05, 0.1) is 13.2 Å². The van der Waals surface area contributed by atoms with Crippen molar-refractivity contribution in [2.45, 2.75) is 32.9 Å². The Kier molecular flexibility index (Phi) is 6.69. The maximum Gasteiger partial charge on any atom is 0.261 e. The molecule has 0 saturated heterocycles. The predicted octanol–water partition coefficient (Wildman–Crippen LogP) is 3.35. The highest BCUT2D eigenvalue weighted by atomic mass is 16.5. The first kappa shape index (κ1) is 18.6.